The van der Waals surface area contributed by atoms with E-state index in [1.54, 1.807) is 6.33 Å². The number of hydrogen-bond donors (Lipinski definition) is 3. The van der Waals surface area contributed by atoms with Crippen LogP contribution in [-0.2, 0) is 20.7 Å². The fourth-order valence-electron chi connectivity index (χ4n) is 12.2. The first-order valence-electron chi connectivity index (χ1n) is 30.4. The SMILES string of the molecule is C=CC(=O)Cc1cc(-c2nn(C3CCC(N4CCNCC4)CC3)c3ncnc(N)c23)ccc1Oc1ccccc1.C=CC(=O)Cl.Cc1ncnc2c1c(-c1ccc(Oc3ccccc3)c(N)c1)nn2C1CCC(N2CCN(C(=O)OC(C)(C)C)CC2)CC1. The summed E-state index contributed by atoms with van der Waals surface area (Å²) < 4.78 is 21.9. The molecular weight excluding hydrogens is 1130 g/mol. The number of carbonyl (C=O) groups excluding carboxylic acids is 3. The van der Waals surface area contributed by atoms with E-state index in [0.29, 0.717) is 53.9 Å². The zero-order chi connectivity index (χ0) is 61.9. The first-order chi connectivity index (χ1) is 42.5. The monoisotopic (exact) mass is 1210 g/mol. The van der Waals surface area contributed by atoms with Gasteiger partial charge in [0, 0.05) is 87.6 Å². The van der Waals surface area contributed by atoms with Gasteiger partial charge in [0.05, 0.1) is 34.2 Å². The Labute approximate surface area is 518 Å². The maximum absolute atomic E-state index is 12.5. The van der Waals surface area contributed by atoms with E-state index < -0.39 is 10.8 Å². The molecule has 0 bridgehead atoms. The molecule has 2 saturated carbocycles. The predicted molar refractivity (Wildman–Crippen MR) is 344 cm³/mol. The number of fused-ring (bicyclic) bond motifs is 2. The average Bonchev–Trinajstić information content (AvgIpc) is 1.66. The molecule has 4 aromatic heterocycles. The molecule has 21 heteroatoms. The summed E-state index contributed by atoms with van der Waals surface area (Å²) in [6.07, 6.45) is 14.0. The number of allylic oxidation sites excluding steroid dienone is 2. The lowest BCUT2D eigenvalue weighted by Crippen LogP contribution is -2.53. The first-order valence-corrected chi connectivity index (χ1v) is 30.7. The summed E-state index contributed by atoms with van der Waals surface area (Å²) >= 11 is 4.71. The Morgan fingerprint density at radius 3 is 1.65 bits per heavy atom. The number of para-hydroxylation sites is 2. The average molecular weight is 1210 g/mol. The Morgan fingerprint density at radius 2 is 1.11 bits per heavy atom. The Kier molecular flexibility index (Phi) is 20.2. The third-order valence-electron chi connectivity index (χ3n) is 16.7. The predicted octanol–water partition coefficient (Wildman–Crippen LogP) is 11.7. The molecular formula is C67H79ClN14O6. The van der Waals surface area contributed by atoms with Crippen molar-refractivity contribution in [1.29, 1.82) is 0 Å². The summed E-state index contributed by atoms with van der Waals surface area (Å²) in [5, 5.41) is 14.9. The fourth-order valence-corrected chi connectivity index (χ4v) is 12.2. The topological polar surface area (TPSA) is 240 Å². The maximum atomic E-state index is 12.5. The second kappa shape index (κ2) is 28.5. The Bertz CT molecular complexity index is 3730. The van der Waals surface area contributed by atoms with Crippen molar-refractivity contribution in [3.8, 4) is 45.5 Å². The lowest BCUT2D eigenvalue weighted by molar-refractivity contribution is -0.114. The quantitative estimate of drug-likeness (QED) is 0.0521. The molecule has 0 radical (unpaired) electrons. The van der Waals surface area contributed by atoms with Crippen molar-refractivity contribution in [3.05, 3.63) is 146 Å². The van der Waals surface area contributed by atoms with Gasteiger partial charge in [0.25, 0.3) is 0 Å². The number of halogens is 1. The molecule has 4 aromatic carbocycles. The van der Waals surface area contributed by atoms with Crippen molar-refractivity contribution in [3.63, 3.8) is 0 Å². The van der Waals surface area contributed by atoms with Crippen molar-refractivity contribution < 1.29 is 28.6 Å². The van der Waals surface area contributed by atoms with E-state index in [1.165, 1.54) is 12.4 Å². The molecule has 2 saturated heterocycles. The van der Waals surface area contributed by atoms with Crippen molar-refractivity contribution >= 4 is 62.3 Å². The van der Waals surface area contributed by atoms with Crippen LogP contribution < -0.4 is 26.3 Å². The smallest absolute Gasteiger partial charge is 0.410 e. The normalized spacial score (nSPS) is 19.1. The molecule has 2 aliphatic carbocycles. The summed E-state index contributed by atoms with van der Waals surface area (Å²) in [4.78, 5) is 59.5. The van der Waals surface area contributed by atoms with Crippen LogP contribution in [0.4, 0.5) is 16.3 Å². The van der Waals surface area contributed by atoms with Crippen LogP contribution in [0.25, 0.3) is 44.6 Å². The van der Waals surface area contributed by atoms with Gasteiger partial charge in [-0.15, -0.1) is 0 Å². The number of rotatable bonds is 14. The third-order valence-corrected chi connectivity index (χ3v) is 16.8. The molecule has 6 heterocycles. The number of benzene rings is 4. The fraction of sp³-hybridized carbons (Fsp3) is 0.388. The lowest BCUT2D eigenvalue weighted by Gasteiger charge is -2.42. The van der Waals surface area contributed by atoms with Crippen LogP contribution in [0, 0.1) is 6.92 Å². The molecule has 0 atom stereocenters. The van der Waals surface area contributed by atoms with Gasteiger partial charge in [-0.25, -0.2) is 34.1 Å². The number of hydrogen-bond acceptors (Lipinski definition) is 17. The number of nitrogens with one attached hydrogen (secondary N) is 1. The minimum atomic E-state index is -0.509. The van der Waals surface area contributed by atoms with Gasteiger partial charge in [0.2, 0.25) is 5.24 Å². The van der Waals surface area contributed by atoms with Crippen LogP contribution in [0.5, 0.6) is 23.0 Å². The zero-order valence-corrected chi connectivity index (χ0v) is 51.4. The second-order valence-corrected chi connectivity index (χ2v) is 24.0. The van der Waals surface area contributed by atoms with Gasteiger partial charge in [-0.3, -0.25) is 19.4 Å². The highest BCUT2D eigenvalue weighted by atomic mass is 35.5. The maximum Gasteiger partial charge on any atom is 0.410 e. The number of piperazine rings is 2. The van der Waals surface area contributed by atoms with Crippen molar-refractivity contribution in [2.75, 3.05) is 63.8 Å². The Hall–Kier alpha value is -8.56. The van der Waals surface area contributed by atoms with E-state index in [9.17, 15) is 14.4 Å². The summed E-state index contributed by atoms with van der Waals surface area (Å²) in [5.74, 6) is 2.97. The molecule has 12 rings (SSSR count). The lowest BCUT2D eigenvalue weighted by atomic mass is 9.90. The molecule has 20 nitrogen and oxygen atoms in total. The van der Waals surface area contributed by atoms with Gasteiger partial charge in [0.15, 0.2) is 17.1 Å². The molecule has 4 fully saturated rings. The van der Waals surface area contributed by atoms with Crippen molar-refractivity contribution in [2.24, 2.45) is 0 Å². The van der Waals surface area contributed by atoms with E-state index >= 15 is 0 Å². The first kappa shape index (κ1) is 62.5. The van der Waals surface area contributed by atoms with Crippen LogP contribution in [0.1, 0.15) is 95.5 Å². The van der Waals surface area contributed by atoms with Gasteiger partial charge in [0.1, 0.15) is 58.5 Å². The Balaban J connectivity index is 0.000000181. The van der Waals surface area contributed by atoms with Crippen LogP contribution in [0.3, 0.4) is 0 Å². The van der Waals surface area contributed by atoms with Gasteiger partial charge in [-0.05, 0) is 163 Å². The van der Waals surface area contributed by atoms with Crippen LogP contribution in [-0.4, -0.2) is 141 Å². The van der Waals surface area contributed by atoms with Gasteiger partial charge >= 0.3 is 6.09 Å². The van der Waals surface area contributed by atoms with E-state index in [2.05, 4.69) is 52.6 Å². The van der Waals surface area contributed by atoms with E-state index in [0.717, 1.165) is 158 Å². The van der Waals surface area contributed by atoms with Crippen LogP contribution in [0.15, 0.2) is 135 Å². The highest BCUT2D eigenvalue weighted by Crippen LogP contribution is 2.41. The molecule has 2 aliphatic heterocycles. The second-order valence-electron chi connectivity index (χ2n) is 23.7. The number of nitrogens with two attached hydrogens (primary N) is 2. The summed E-state index contributed by atoms with van der Waals surface area (Å²) in [7, 11) is 0. The minimum Gasteiger partial charge on any atom is -0.457 e. The highest BCUT2D eigenvalue weighted by molar-refractivity contribution is 6.66. The highest BCUT2D eigenvalue weighted by Gasteiger charge is 2.34. The van der Waals surface area contributed by atoms with E-state index in [1.807, 2.05) is 130 Å². The molecule has 8 aromatic rings. The standard InChI is InChI=1S/C33H41N7O3.C31H35N7O2.C3H3ClO/c1-22-29-30(23-10-15-28(27(34)20-23)42-26-8-6-5-7-9-26)37-40(31(29)36-21-35-22)25-13-11-24(12-14-25)38-16-18-39(19-17-38)32(41)43-33(2,3)4;1-2-25(39)19-22-18-21(8-13-27(22)40-26-6-4-3-5-7-26)29-28-30(32)34-20-35-31(28)38(36-29)24-11-9-23(10-12-24)37-16-14-33-15-17-37;1-2-3(4)5/h5-10,15,20-21,24-25H,11-14,16-19,34H2,1-4H3;2-8,13,18,20,23-24,33H,1,9-12,14-17,19H2,(H2,32,34,35);2H,1H2. The number of ether oxygens (including phenoxy) is 3. The molecule has 88 heavy (non-hydrogen) atoms. The van der Waals surface area contributed by atoms with Crippen LogP contribution >= 0.6 is 11.6 Å². The zero-order valence-electron chi connectivity index (χ0n) is 50.7. The molecule has 0 spiro atoms. The number of carbonyl (C=O) groups is 3. The molecule has 4 aliphatic rings. The van der Waals surface area contributed by atoms with E-state index in [-0.39, 0.29) is 30.4 Å². The molecule has 5 N–H and O–H groups in total. The number of nitrogens with zero attached hydrogens (tertiary/aromatic N) is 11. The molecule has 1 amide bonds. The van der Waals surface area contributed by atoms with Gasteiger partial charge in [-0.1, -0.05) is 49.6 Å². The minimum absolute atomic E-state index is 0.0884. The molecule has 460 valence electrons. The summed E-state index contributed by atoms with van der Waals surface area (Å²) in [6, 6.07) is 32.4. The largest absolute Gasteiger partial charge is 0.457 e. The number of aromatic nitrogens is 8. The van der Waals surface area contributed by atoms with Gasteiger partial charge < -0.3 is 35.9 Å². The van der Waals surface area contributed by atoms with Gasteiger partial charge in [-0.2, -0.15) is 10.2 Å². The third kappa shape index (κ3) is 15.2. The number of anilines is 2. The number of nitrogen functional groups attached to an aromatic ring is 2. The summed E-state index contributed by atoms with van der Waals surface area (Å²) in [6.45, 7) is 22.0. The summed E-state index contributed by atoms with van der Waals surface area (Å²) in [5.41, 5.74) is 19.5. The molecule has 0 unspecified atom stereocenters. The van der Waals surface area contributed by atoms with E-state index in [4.69, 9.17) is 52.5 Å². The Morgan fingerprint density at radius 1 is 0.625 bits per heavy atom. The van der Waals surface area contributed by atoms with Crippen LogP contribution in [0.2, 0.25) is 0 Å². The number of aryl methyl sites for hydroxylation is 1. The van der Waals surface area contributed by atoms with Crippen molar-refractivity contribution in [1.82, 2.24) is 59.5 Å². The number of amides is 1. The number of ketones is 1. The van der Waals surface area contributed by atoms with Crippen molar-refractivity contribution in [2.45, 2.75) is 115 Å².